The molecule has 3 aromatic heterocycles. The van der Waals surface area contributed by atoms with E-state index in [-0.39, 0.29) is 6.61 Å². The average Bonchev–Trinajstić information content (AvgIpc) is 3.07. The van der Waals surface area contributed by atoms with Crippen LogP contribution in [0, 0.1) is 13.8 Å². The summed E-state index contributed by atoms with van der Waals surface area (Å²) in [7, 11) is 0. The molecule has 0 spiro atoms. The number of aryl methyl sites for hydroxylation is 2. The van der Waals surface area contributed by atoms with E-state index in [0.29, 0.717) is 12.6 Å². The van der Waals surface area contributed by atoms with Crippen LogP contribution in [-0.2, 0) is 6.54 Å². The second-order valence-electron chi connectivity index (χ2n) is 6.56. The van der Waals surface area contributed by atoms with Crippen molar-refractivity contribution in [3.8, 4) is 0 Å². The van der Waals surface area contributed by atoms with Gasteiger partial charge in [0.05, 0.1) is 22.5 Å². The summed E-state index contributed by atoms with van der Waals surface area (Å²) in [6.07, 6.45) is 4.70. The molecule has 6 heteroatoms. The molecule has 0 aromatic carbocycles. The van der Waals surface area contributed by atoms with E-state index in [4.69, 9.17) is 4.98 Å². The van der Waals surface area contributed by atoms with E-state index in [1.165, 1.54) is 51.2 Å². The predicted octanol–water partition coefficient (Wildman–Crippen LogP) is 4.17. The number of thioether (sulfide) groups is 1. The van der Waals surface area contributed by atoms with Gasteiger partial charge in [0.15, 0.2) is 0 Å². The number of rotatable bonds is 4. The number of nitrogens with one attached hydrogen (secondary N) is 1. The van der Waals surface area contributed by atoms with Gasteiger partial charge < -0.3 is 15.0 Å². The van der Waals surface area contributed by atoms with Crippen LogP contribution in [0.25, 0.3) is 20.4 Å². The third-order valence-electron chi connectivity index (χ3n) is 4.64. The van der Waals surface area contributed by atoms with Crippen LogP contribution in [-0.4, -0.2) is 38.8 Å². The molecule has 4 heterocycles. The Morgan fingerprint density at radius 3 is 3.04 bits per heavy atom. The molecule has 0 aliphatic carbocycles. The van der Waals surface area contributed by atoms with Gasteiger partial charge in [-0.15, -0.1) is 11.3 Å². The fourth-order valence-electron chi connectivity index (χ4n) is 3.62. The van der Waals surface area contributed by atoms with Gasteiger partial charge in [-0.2, -0.15) is 11.8 Å². The highest BCUT2D eigenvalue weighted by molar-refractivity contribution is 7.99. The number of hydrogen-bond acceptors (Lipinski definition) is 5. The van der Waals surface area contributed by atoms with Gasteiger partial charge in [-0.25, -0.2) is 4.98 Å². The average molecular weight is 362 g/mol. The number of nitrogens with zero attached hydrogens (tertiary/aromatic N) is 2. The maximum atomic E-state index is 9.48. The monoisotopic (exact) mass is 361 g/mol. The molecular weight excluding hydrogens is 338 g/mol. The van der Waals surface area contributed by atoms with Crippen LogP contribution in [0.5, 0.6) is 0 Å². The fraction of sp³-hybridized carbons (Fsp3) is 0.500. The number of hydrogen-bond donors (Lipinski definition) is 2. The first-order valence-electron chi connectivity index (χ1n) is 8.52. The van der Waals surface area contributed by atoms with Crippen LogP contribution < -0.4 is 5.32 Å². The quantitative estimate of drug-likeness (QED) is 0.732. The predicted molar refractivity (Wildman–Crippen MR) is 106 cm³/mol. The van der Waals surface area contributed by atoms with Crippen molar-refractivity contribution in [2.75, 3.05) is 23.4 Å². The summed E-state index contributed by atoms with van der Waals surface area (Å²) in [5.74, 6) is 2.46. The maximum Gasteiger partial charge on any atom is 0.126 e. The van der Waals surface area contributed by atoms with Gasteiger partial charge in [0.2, 0.25) is 0 Å². The Kier molecular flexibility index (Phi) is 4.45. The molecule has 128 valence electrons. The Labute approximate surface area is 150 Å². The zero-order valence-electron chi connectivity index (χ0n) is 14.1. The van der Waals surface area contributed by atoms with Gasteiger partial charge >= 0.3 is 0 Å². The van der Waals surface area contributed by atoms with Gasteiger partial charge in [0.1, 0.15) is 4.83 Å². The highest BCUT2D eigenvalue weighted by Crippen LogP contribution is 2.41. The van der Waals surface area contributed by atoms with Gasteiger partial charge in [-0.05, 0) is 44.1 Å². The molecule has 1 saturated heterocycles. The van der Waals surface area contributed by atoms with E-state index >= 15 is 0 Å². The van der Waals surface area contributed by atoms with Crippen LogP contribution in [0.15, 0.2) is 12.3 Å². The molecular formula is C18H23N3OS2. The van der Waals surface area contributed by atoms with Crippen molar-refractivity contribution in [3.05, 3.63) is 23.5 Å². The van der Waals surface area contributed by atoms with Gasteiger partial charge in [0.25, 0.3) is 0 Å². The van der Waals surface area contributed by atoms with Crippen LogP contribution in [0.3, 0.4) is 0 Å². The lowest BCUT2D eigenvalue weighted by Gasteiger charge is -2.22. The van der Waals surface area contributed by atoms with Gasteiger partial charge in [0, 0.05) is 35.6 Å². The number of aliphatic hydroxyl groups excluding tert-OH is 1. The molecule has 1 atom stereocenters. The highest BCUT2D eigenvalue weighted by Gasteiger charge is 2.20. The lowest BCUT2D eigenvalue weighted by Crippen LogP contribution is -2.25. The normalized spacial score (nSPS) is 18.5. The summed E-state index contributed by atoms with van der Waals surface area (Å²) >= 11 is 3.80. The van der Waals surface area contributed by atoms with Gasteiger partial charge in [-0.1, -0.05) is 0 Å². The topological polar surface area (TPSA) is 50.1 Å². The summed E-state index contributed by atoms with van der Waals surface area (Å²) in [6.45, 7) is 4.98. The summed E-state index contributed by atoms with van der Waals surface area (Å²) in [5.41, 5.74) is 4.75. The minimum absolute atomic E-state index is 0.151. The van der Waals surface area contributed by atoms with Crippen molar-refractivity contribution in [1.82, 2.24) is 9.55 Å². The molecule has 0 radical (unpaired) electrons. The standard InChI is InChI=1S/C18H23N3OS2/c1-11-8-12(2)19-18-15(11)16-17(24-18)14(9-21(16)5-6-22)20-13-4-3-7-23-10-13/h8-9,13,20,22H,3-7,10H2,1-2H3. The Morgan fingerprint density at radius 2 is 2.29 bits per heavy atom. The zero-order valence-corrected chi connectivity index (χ0v) is 15.8. The van der Waals surface area contributed by atoms with Crippen molar-refractivity contribution in [3.63, 3.8) is 0 Å². The second kappa shape index (κ2) is 6.58. The molecule has 3 aromatic rings. The minimum atomic E-state index is 0.151. The number of aromatic nitrogens is 2. The molecule has 1 unspecified atom stereocenters. The number of fused-ring (bicyclic) bond motifs is 3. The molecule has 0 amide bonds. The van der Waals surface area contributed by atoms with E-state index in [0.717, 1.165) is 10.5 Å². The molecule has 2 N–H and O–H groups in total. The number of pyridine rings is 1. The summed E-state index contributed by atoms with van der Waals surface area (Å²) in [5, 5.41) is 14.5. The minimum Gasteiger partial charge on any atom is -0.395 e. The third-order valence-corrected chi connectivity index (χ3v) is 6.96. The molecule has 1 aliphatic rings. The molecule has 4 nitrogen and oxygen atoms in total. The first-order valence-corrected chi connectivity index (χ1v) is 10.5. The van der Waals surface area contributed by atoms with Crippen LogP contribution in [0.1, 0.15) is 24.1 Å². The Morgan fingerprint density at radius 1 is 1.42 bits per heavy atom. The highest BCUT2D eigenvalue weighted by atomic mass is 32.2. The fourth-order valence-corrected chi connectivity index (χ4v) is 5.97. The van der Waals surface area contributed by atoms with E-state index < -0.39 is 0 Å². The lowest BCUT2D eigenvalue weighted by molar-refractivity contribution is 0.278. The molecule has 1 fully saturated rings. The Balaban J connectivity index is 1.86. The SMILES string of the molecule is Cc1cc(C)c2c(n1)sc1c(NC3CCCSC3)cn(CCO)c12. The lowest BCUT2D eigenvalue weighted by atomic mass is 10.1. The second-order valence-corrected chi connectivity index (χ2v) is 8.71. The summed E-state index contributed by atoms with van der Waals surface area (Å²) in [6, 6.07) is 2.69. The maximum absolute atomic E-state index is 9.48. The number of thiophene rings is 1. The molecule has 1 aliphatic heterocycles. The first-order chi connectivity index (χ1) is 11.7. The number of anilines is 1. The number of aliphatic hydroxyl groups is 1. The smallest absolute Gasteiger partial charge is 0.126 e. The van der Waals surface area contributed by atoms with Crippen LogP contribution in [0.2, 0.25) is 0 Å². The molecule has 4 rings (SSSR count). The van der Waals surface area contributed by atoms with Crippen molar-refractivity contribution in [1.29, 1.82) is 0 Å². The zero-order chi connectivity index (χ0) is 16.7. The molecule has 0 bridgehead atoms. The van der Waals surface area contributed by atoms with Gasteiger partial charge in [-0.3, -0.25) is 0 Å². The van der Waals surface area contributed by atoms with Crippen LogP contribution >= 0.6 is 23.1 Å². The van der Waals surface area contributed by atoms with E-state index in [2.05, 4.69) is 36.0 Å². The van der Waals surface area contributed by atoms with Crippen molar-refractivity contribution in [2.24, 2.45) is 0 Å². The van der Waals surface area contributed by atoms with E-state index in [1.807, 2.05) is 11.8 Å². The summed E-state index contributed by atoms with van der Waals surface area (Å²) in [4.78, 5) is 5.85. The Bertz CT molecular complexity index is 878. The largest absolute Gasteiger partial charge is 0.395 e. The van der Waals surface area contributed by atoms with Crippen molar-refractivity contribution >= 4 is 49.2 Å². The van der Waals surface area contributed by atoms with Crippen LogP contribution in [0.4, 0.5) is 5.69 Å². The first kappa shape index (κ1) is 16.2. The third kappa shape index (κ3) is 2.80. The van der Waals surface area contributed by atoms with Crippen molar-refractivity contribution in [2.45, 2.75) is 39.3 Å². The summed E-state index contributed by atoms with van der Waals surface area (Å²) < 4.78 is 3.46. The van der Waals surface area contributed by atoms with E-state index in [1.54, 1.807) is 11.3 Å². The van der Waals surface area contributed by atoms with E-state index in [9.17, 15) is 5.11 Å². The Hall–Kier alpha value is -1.24. The molecule has 24 heavy (non-hydrogen) atoms. The van der Waals surface area contributed by atoms with Crippen molar-refractivity contribution < 1.29 is 5.11 Å². The molecule has 0 saturated carbocycles.